The van der Waals surface area contributed by atoms with Crippen LogP contribution in [0.2, 0.25) is 0 Å². The van der Waals surface area contributed by atoms with E-state index in [0.29, 0.717) is 5.91 Å². The molecule has 12 heavy (non-hydrogen) atoms. The van der Waals surface area contributed by atoms with Gasteiger partial charge in [0.2, 0.25) is 5.91 Å². The molecule has 0 saturated carbocycles. The summed E-state index contributed by atoms with van der Waals surface area (Å²) in [6, 6.07) is 0. The molecule has 2 heterocycles. The van der Waals surface area contributed by atoms with Crippen LogP contribution < -0.4 is 5.32 Å². The second-order valence-corrected chi connectivity index (χ2v) is 4.07. The van der Waals surface area contributed by atoms with Crippen molar-refractivity contribution in [2.45, 2.75) is 31.7 Å². The van der Waals surface area contributed by atoms with Crippen LogP contribution in [0.5, 0.6) is 0 Å². The first-order valence-electron chi connectivity index (χ1n) is 4.74. The van der Waals surface area contributed by atoms with Gasteiger partial charge in [-0.1, -0.05) is 0 Å². The Kier molecular flexibility index (Phi) is 1.83. The highest BCUT2D eigenvalue weighted by atomic mass is 16.2. The molecule has 0 aromatic rings. The molecule has 3 heteroatoms. The van der Waals surface area contributed by atoms with Crippen molar-refractivity contribution in [2.75, 3.05) is 19.6 Å². The van der Waals surface area contributed by atoms with Crippen LogP contribution in [0, 0.1) is 0 Å². The Bertz CT molecular complexity index is 197. The number of hydrogen-bond acceptors (Lipinski definition) is 2. The maximum atomic E-state index is 11.5. The van der Waals surface area contributed by atoms with Crippen molar-refractivity contribution in [3.05, 3.63) is 0 Å². The first-order chi connectivity index (χ1) is 5.72. The van der Waals surface area contributed by atoms with E-state index < -0.39 is 0 Å². The highest BCUT2D eigenvalue weighted by Gasteiger charge is 2.39. The lowest BCUT2D eigenvalue weighted by Crippen LogP contribution is -2.48. The fourth-order valence-corrected chi connectivity index (χ4v) is 2.25. The second kappa shape index (κ2) is 2.73. The summed E-state index contributed by atoms with van der Waals surface area (Å²) in [5.41, 5.74) is 0.119. The van der Waals surface area contributed by atoms with Crippen molar-refractivity contribution in [3.63, 3.8) is 0 Å². The standard InChI is InChI=1S/C9H16N2O/c1-9(4-5-10-7-9)11-6-2-3-8(11)12/h10H,2-7H2,1H3. The van der Waals surface area contributed by atoms with Gasteiger partial charge in [0.1, 0.15) is 0 Å². The lowest BCUT2D eigenvalue weighted by Gasteiger charge is -2.34. The van der Waals surface area contributed by atoms with Crippen molar-refractivity contribution < 1.29 is 4.79 Å². The van der Waals surface area contributed by atoms with Gasteiger partial charge in [-0.05, 0) is 26.3 Å². The van der Waals surface area contributed by atoms with Crippen molar-refractivity contribution >= 4 is 5.91 Å². The first kappa shape index (κ1) is 8.05. The quantitative estimate of drug-likeness (QED) is 0.613. The molecule has 0 aromatic heterocycles. The molecule has 2 fully saturated rings. The minimum absolute atomic E-state index is 0.119. The summed E-state index contributed by atoms with van der Waals surface area (Å²) < 4.78 is 0. The molecule has 2 aliphatic heterocycles. The van der Waals surface area contributed by atoms with Crippen LogP contribution in [-0.2, 0) is 4.79 Å². The van der Waals surface area contributed by atoms with Crippen molar-refractivity contribution in [1.29, 1.82) is 0 Å². The van der Waals surface area contributed by atoms with Crippen molar-refractivity contribution in [1.82, 2.24) is 10.2 Å². The number of carbonyl (C=O) groups is 1. The summed E-state index contributed by atoms with van der Waals surface area (Å²) in [6.45, 7) is 5.19. The lowest BCUT2D eigenvalue weighted by atomic mass is 10.00. The summed E-state index contributed by atoms with van der Waals surface area (Å²) in [5.74, 6) is 0.348. The zero-order chi connectivity index (χ0) is 8.60. The van der Waals surface area contributed by atoms with E-state index in [4.69, 9.17) is 0 Å². The third-order valence-corrected chi connectivity index (χ3v) is 3.07. The Labute approximate surface area is 73.1 Å². The van der Waals surface area contributed by atoms with E-state index in [2.05, 4.69) is 17.1 Å². The maximum Gasteiger partial charge on any atom is 0.223 e. The van der Waals surface area contributed by atoms with Gasteiger partial charge >= 0.3 is 0 Å². The average Bonchev–Trinajstić information content (AvgIpc) is 2.59. The SMILES string of the molecule is CC1(N2CCCC2=O)CCNC1. The summed E-state index contributed by atoms with van der Waals surface area (Å²) in [5, 5.41) is 3.32. The minimum Gasteiger partial charge on any atom is -0.336 e. The number of amides is 1. The van der Waals surface area contributed by atoms with E-state index in [-0.39, 0.29) is 5.54 Å². The van der Waals surface area contributed by atoms with Gasteiger partial charge in [0.15, 0.2) is 0 Å². The molecule has 1 N–H and O–H groups in total. The number of rotatable bonds is 1. The predicted molar refractivity (Wildman–Crippen MR) is 46.8 cm³/mol. The van der Waals surface area contributed by atoms with Crippen LogP contribution in [0.15, 0.2) is 0 Å². The molecule has 0 bridgehead atoms. The van der Waals surface area contributed by atoms with Gasteiger partial charge in [0.25, 0.3) is 0 Å². The van der Waals surface area contributed by atoms with Crippen LogP contribution >= 0.6 is 0 Å². The third kappa shape index (κ3) is 1.12. The lowest BCUT2D eigenvalue weighted by molar-refractivity contribution is -0.132. The Morgan fingerprint density at radius 2 is 2.42 bits per heavy atom. The Morgan fingerprint density at radius 3 is 2.92 bits per heavy atom. The zero-order valence-corrected chi connectivity index (χ0v) is 7.60. The summed E-state index contributed by atoms with van der Waals surface area (Å²) >= 11 is 0. The largest absolute Gasteiger partial charge is 0.336 e. The van der Waals surface area contributed by atoms with Crippen LogP contribution in [0.4, 0.5) is 0 Å². The molecular formula is C9H16N2O. The van der Waals surface area contributed by atoms with Gasteiger partial charge < -0.3 is 10.2 Å². The Hall–Kier alpha value is -0.570. The number of carbonyl (C=O) groups excluding carboxylic acids is 1. The average molecular weight is 168 g/mol. The molecule has 0 spiro atoms. The predicted octanol–water partition coefficient (Wildman–Crippen LogP) is 0.361. The molecule has 2 aliphatic rings. The van der Waals surface area contributed by atoms with Gasteiger partial charge in [0.05, 0.1) is 5.54 Å². The molecule has 0 aromatic carbocycles. The van der Waals surface area contributed by atoms with Crippen LogP contribution in [0.1, 0.15) is 26.2 Å². The smallest absolute Gasteiger partial charge is 0.223 e. The van der Waals surface area contributed by atoms with Crippen molar-refractivity contribution in [3.8, 4) is 0 Å². The Balaban J connectivity index is 2.11. The zero-order valence-electron chi connectivity index (χ0n) is 7.60. The molecule has 2 rings (SSSR count). The van der Waals surface area contributed by atoms with Gasteiger partial charge in [-0.25, -0.2) is 0 Å². The van der Waals surface area contributed by atoms with Gasteiger partial charge in [-0.3, -0.25) is 4.79 Å². The molecule has 3 nitrogen and oxygen atoms in total. The number of nitrogens with zero attached hydrogens (tertiary/aromatic N) is 1. The molecule has 1 unspecified atom stereocenters. The van der Waals surface area contributed by atoms with E-state index in [1.54, 1.807) is 0 Å². The topological polar surface area (TPSA) is 32.3 Å². The molecule has 0 aliphatic carbocycles. The molecule has 0 radical (unpaired) electrons. The molecule has 68 valence electrons. The van der Waals surface area contributed by atoms with E-state index in [1.165, 1.54) is 0 Å². The van der Waals surface area contributed by atoms with Crippen LogP contribution in [0.25, 0.3) is 0 Å². The summed E-state index contributed by atoms with van der Waals surface area (Å²) in [6.07, 6.45) is 2.92. The van der Waals surface area contributed by atoms with E-state index in [0.717, 1.165) is 38.9 Å². The first-order valence-corrected chi connectivity index (χ1v) is 4.74. The molecular weight excluding hydrogens is 152 g/mol. The van der Waals surface area contributed by atoms with E-state index >= 15 is 0 Å². The van der Waals surface area contributed by atoms with E-state index in [1.807, 2.05) is 0 Å². The normalized spacial score (nSPS) is 36.4. The highest BCUT2D eigenvalue weighted by molar-refractivity contribution is 5.79. The van der Waals surface area contributed by atoms with Crippen LogP contribution in [-0.4, -0.2) is 36.0 Å². The number of likely N-dealkylation sites (tertiary alicyclic amines) is 1. The monoisotopic (exact) mass is 168 g/mol. The number of hydrogen-bond donors (Lipinski definition) is 1. The Morgan fingerprint density at radius 1 is 1.58 bits per heavy atom. The van der Waals surface area contributed by atoms with Crippen LogP contribution in [0.3, 0.4) is 0 Å². The second-order valence-electron chi connectivity index (χ2n) is 4.07. The summed E-state index contributed by atoms with van der Waals surface area (Å²) in [4.78, 5) is 13.5. The van der Waals surface area contributed by atoms with Gasteiger partial charge in [0, 0.05) is 19.5 Å². The fourth-order valence-electron chi connectivity index (χ4n) is 2.25. The molecule has 1 amide bonds. The molecule has 1 atom stereocenters. The highest BCUT2D eigenvalue weighted by Crippen LogP contribution is 2.27. The van der Waals surface area contributed by atoms with E-state index in [9.17, 15) is 4.79 Å². The number of nitrogens with one attached hydrogen (secondary N) is 1. The third-order valence-electron chi connectivity index (χ3n) is 3.07. The van der Waals surface area contributed by atoms with Gasteiger partial charge in [-0.2, -0.15) is 0 Å². The maximum absolute atomic E-state index is 11.5. The van der Waals surface area contributed by atoms with Gasteiger partial charge in [-0.15, -0.1) is 0 Å². The summed E-state index contributed by atoms with van der Waals surface area (Å²) in [7, 11) is 0. The molecule has 2 saturated heterocycles. The minimum atomic E-state index is 0.119. The van der Waals surface area contributed by atoms with Crippen molar-refractivity contribution in [2.24, 2.45) is 0 Å². The fraction of sp³-hybridized carbons (Fsp3) is 0.889.